The van der Waals surface area contributed by atoms with Crippen LogP contribution in [0.25, 0.3) is 0 Å². The average Bonchev–Trinajstić information content (AvgIpc) is 2.56. The van der Waals surface area contributed by atoms with E-state index in [2.05, 4.69) is 29.2 Å². The molecule has 1 saturated heterocycles. The highest BCUT2D eigenvalue weighted by molar-refractivity contribution is 5.28. The Morgan fingerprint density at radius 2 is 1.50 bits per heavy atom. The van der Waals surface area contributed by atoms with E-state index in [-0.39, 0.29) is 0 Å². The van der Waals surface area contributed by atoms with E-state index < -0.39 is 0 Å². The third kappa shape index (κ3) is 0.441. The molecule has 0 aromatic carbocycles. The zero-order chi connectivity index (χ0) is 6.55. The van der Waals surface area contributed by atoms with Gasteiger partial charge in [0.05, 0.1) is 0 Å². The summed E-state index contributed by atoms with van der Waals surface area (Å²) >= 11 is 0. The van der Waals surface area contributed by atoms with Crippen LogP contribution in [0.4, 0.5) is 0 Å². The summed E-state index contributed by atoms with van der Waals surface area (Å²) in [5.41, 5.74) is 0. The van der Waals surface area contributed by atoms with Crippen molar-refractivity contribution < 1.29 is 0 Å². The van der Waals surface area contributed by atoms with E-state index in [1.165, 1.54) is 12.8 Å². The molecule has 0 amide bonds. The van der Waals surface area contributed by atoms with E-state index >= 15 is 0 Å². The molecular formula is C9H11N. The number of hydrogen-bond donors (Lipinski definition) is 0. The van der Waals surface area contributed by atoms with Crippen molar-refractivity contribution >= 4 is 0 Å². The first-order valence-electron chi connectivity index (χ1n) is 4.09. The predicted octanol–water partition coefficient (Wildman–Crippen LogP) is 1.33. The maximum atomic E-state index is 2.61. The van der Waals surface area contributed by atoms with Gasteiger partial charge in [-0.1, -0.05) is 24.3 Å². The van der Waals surface area contributed by atoms with Gasteiger partial charge in [0.1, 0.15) is 0 Å². The van der Waals surface area contributed by atoms with Gasteiger partial charge in [-0.15, -0.1) is 0 Å². The van der Waals surface area contributed by atoms with E-state index in [9.17, 15) is 0 Å². The van der Waals surface area contributed by atoms with Gasteiger partial charge in [-0.2, -0.15) is 0 Å². The minimum atomic E-state index is 0.664. The van der Waals surface area contributed by atoms with Gasteiger partial charge >= 0.3 is 0 Å². The largest absolute Gasteiger partial charge is 0.281 e. The van der Waals surface area contributed by atoms with E-state index in [0.717, 1.165) is 12.1 Å². The fourth-order valence-corrected chi connectivity index (χ4v) is 2.47. The van der Waals surface area contributed by atoms with Crippen LogP contribution in [0.1, 0.15) is 12.8 Å². The summed E-state index contributed by atoms with van der Waals surface area (Å²) in [4.78, 5) is 2.61. The van der Waals surface area contributed by atoms with Crippen LogP contribution in [0, 0.1) is 0 Å². The van der Waals surface area contributed by atoms with E-state index in [1.54, 1.807) is 0 Å². The normalized spacial score (nSPS) is 49.0. The number of nitrogens with zero attached hydrogens (tertiary/aromatic N) is 1. The van der Waals surface area contributed by atoms with Crippen molar-refractivity contribution in [3.05, 3.63) is 24.3 Å². The molecular weight excluding hydrogens is 122 g/mol. The molecule has 2 unspecified atom stereocenters. The Bertz CT molecular complexity index is 195. The van der Waals surface area contributed by atoms with Crippen molar-refractivity contribution in [2.75, 3.05) is 0 Å². The van der Waals surface area contributed by atoms with Gasteiger partial charge in [0.15, 0.2) is 0 Å². The number of rotatable bonds is 0. The molecule has 0 aliphatic carbocycles. The van der Waals surface area contributed by atoms with Crippen LogP contribution in [-0.4, -0.2) is 23.0 Å². The molecule has 3 heterocycles. The second-order valence-electron chi connectivity index (χ2n) is 3.42. The Hall–Kier alpha value is -0.560. The molecule has 0 aromatic rings. The zero-order valence-electron chi connectivity index (χ0n) is 5.90. The van der Waals surface area contributed by atoms with Gasteiger partial charge in [-0.25, -0.2) is 0 Å². The maximum Gasteiger partial charge on any atom is 0.0474 e. The molecule has 1 fully saturated rings. The van der Waals surface area contributed by atoms with Crippen molar-refractivity contribution in [3.63, 3.8) is 0 Å². The van der Waals surface area contributed by atoms with Crippen LogP contribution < -0.4 is 0 Å². The monoisotopic (exact) mass is 133 g/mol. The molecule has 3 aliphatic rings. The predicted molar refractivity (Wildman–Crippen MR) is 40.7 cm³/mol. The second kappa shape index (κ2) is 1.54. The molecule has 0 bridgehead atoms. The van der Waals surface area contributed by atoms with Gasteiger partial charge in [-0.05, 0) is 12.8 Å². The van der Waals surface area contributed by atoms with Crippen molar-refractivity contribution in [3.8, 4) is 0 Å². The molecule has 0 radical (unpaired) electrons. The SMILES string of the molecule is C1=CC2CCC3C=CC1N23. The summed E-state index contributed by atoms with van der Waals surface area (Å²) in [5.74, 6) is 0. The van der Waals surface area contributed by atoms with Crippen LogP contribution in [0.2, 0.25) is 0 Å². The average molecular weight is 133 g/mol. The molecule has 0 aromatic heterocycles. The lowest BCUT2D eigenvalue weighted by molar-refractivity contribution is 0.273. The lowest BCUT2D eigenvalue weighted by Crippen LogP contribution is -2.32. The molecule has 3 aliphatic heterocycles. The minimum absolute atomic E-state index is 0.664. The smallest absolute Gasteiger partial charge is 0.0474 e. The van der Waals surface area contributed by atoms with E-state index in [4.69, 9.17) is 0 Å². The van der Waals surface area contributed by atoms with Crippen molar-refractivity contribution in [2.45, 2.75) is 31.0 Å². The minimum Gasteiger partial charge on any atom is -0.281 e. The van der Waals surface area contributed by atoms with Gasteiger partial charge in [0, 0.05) is 18.1 Å². The van der Waals surface area contributed by atoms with Crippen LogP contribution in [0.5, 0.6) is 0 Å². The molecule has 0 N–H and O–H groups in total. The van der Waals surface area contributed by atoms with Crippen LogP contribution in [0.15, 0.2) is 24.3 Å². The van der Waals surface area contributed by atoms with Crippen LogP contribution >= 0.6 is 0 Å². The molecule has 10 heavy (non-hydrogen) atoms. The Balaban J connectivity index is 2.07. The van der Waals surface area contributed by atoms with Crippen molar-refractivity contribution in [1.29, 1.82) is 0 Å². The highest BCUT2D eigenvalue weighted by atomic mass is 15.3. The molecule has 3 rings (SSSR count). The summed E-state index contributed by atoms with van der Waals surface area (Å²) in [6.07, 6.45) is 12.2. The van der Waals surface area contributed by atoms with E-state index in [0.29, 0.717) is 6.04 Å². The molecule has 1 heteroatoms. The summed E-state index contributed by atoms with van der Waals surface area (Å²) < 4.78 is 0. The van der Waals surface area contributed by atoms with E-state index in [1.807, 2.05) is 0 Å². The van der Waals surface area contributed by atoms with Gasteiger partial charge in [0.25, 0.3) is 0 Å². The lowest BCUT2D eigenvalue weighted by Gasteiger charge is -2.20. The Kier molecular flexibility index (Phi) is 0.789. The zero-order valence-corrected chi connectivity index (χ0v) is 5.90. The van der Waals surface area contributed by atoms with Crippen LogP contribution in [0.3, 0.4) is 0 Å². The topological polar surface area (TPSA) is 3.24 Å². The Morgan fingerprint density at radius 1 is 0.900 bits per heavy atom. The lowest BCUT2D eigenvalue weighted by atomic mass is 10.2. The summed E-state index contributed by atoms with van der Waals surface area (Å²) in [6, 6.07) is 2.23. The van der Waals surface area contributed by atoms with Gasteiger partial charge in [0.2, 0.25) is 0 Å². The third-order valence-electron chi connectivity index (χ3n) is 2.93. The molecule has 2 atom stereocenters. The maximum absolute atomic E-state index is 2.61. The number of hydrogen-bond acceptors (Lipinski definition) is 1. The standard InChI is InChI=1S/C9H11N/c1-2-8-5-6-9-4-3-7(1)10(8)9/h1-4,7-9H,5-6H2. The molecule has 0 saturated carbocycles. The fraction of sp³-hybridized carbons (Fsp3) is 0.556. The second-order valence-corrected chi connectivity index (χ2v) is 3.42. The highest BCUT2D eigenvalue weighted by Crippen LogP contribution is 2.36. The molecule has 0 spiro atoms. The third-order valence-corrected chi connectivity index (χ3v) is 2.93. The first-order chi connectivity index (χ1) is 4.95. The first-order valence-corrected chi connectivity index (χ1v) is 4.09. The summed E-state index contributed by atoms with van der Waals surface area (Å²) in [7, 11) is 0. The van der Waals surface area contributed by atoms with Crippen molar-refractivity contribution in [2.24, 2.45) is 0 Å². The fourth-order valence-electron chi connectivity index (χ4n) is 2.47. The quantitative estimate of drug-likeness (QED) is 0.450. The highest BCUT2D eigenvalue weighted by Gasteiger charge is 2.40. The Morgan fingerprint density at radius 3 is 2.10 bits per heavy atom. The van der Waals surface area contributed by atoms with Crippen molar-refractivity contribution in [1.82, 2.24) is 4.90 Å². The van der Waals surface area contributed by atoms with Gasteiger partial charge in [-0.3, -0.25) is 4.90 Å². The Labute approximate surface area is 61.0 Å². The molecule has 1 nitrogen and oxygen atoms in total. The van der Waals surface area contributed by atoms with Crippen LogP contribution in [-0.2, 0) is 0 Å². The molecule has 52 valence electrons. The summed E-state index contributed by atoms with van der Waals surface area (Å²) in [5, 5.41) is 0. The van der Waals surface area contributed by atoms with Gasteiger partial charge < -0.3 is 0 Å². The first kappa shape index (κ1) is 5.14. The summed E-state index contributed by atoms with van der Waals surface area (Å²) in [6.45, 7) is 0.